The average Bonchev–Trinajstić information content (AvgIpc) is 2.84. The molecule has 0 atom stereocenters. The maximum Gasteiger partial charge on any atom is 0.267 e. The largest absolute Gasteiger partial charge is 0.409 e. The van der Waals surface area contributed by atoms with Crippen molar-refractivity contribution in [2.75, 3.05) is 5.32 Å². The Labute approximate surface area is 117 Å². The van der Waals surface area contributed by atoms with Gasteiger partial charge in [0.1, 0.15) is 10.7 Å². The monoisotopic (exact) mass is 294 g/mol. The fraction of sp³-hybridized carbons (Fsp3) is 0.0833. The van der Waals surface area contributed by atoms with Crippen molar-refractivity contribution in [3.8, 4) is 0 Å². The van der Waals surface area contributed by atoms with Gasteiger partial charge in [0, 0.05) is 0 Å². The smallest absolute Gasteiger partial charge is 0.267 e. The number of carbonyl (C=O) groups excluding carboxylic acids is 1. The summed E-state index contributed by atoms with van der Waals surface area (Å²) < 4.78 is 13.7. The van der Waals surface area contributed by atoms with Crippen molar-refractivity contribution in [2.24, 2.45) is 10.9 Å². The quantitative estimate of drug-likeness (QED) is 0.348. The number of hydrogen-bond acceptors (Lipinski definition) is 5. The summed E-state index contributed by atoms with van der Waals surface area (Å²) in [6.45, 7) is 1.70. The van der Waals surface area contributed by atoms with Gasteiger partial charge < -0.3 is 16.3 Å². The molecule has 0 spiro atoms. The van der Waals surface area contributed by atoms with Gasteiger partial charge in [0.05, 0.1) is 22.5 Å². The molecule has 0 aliphatic rings. The highest BCUT2D eigenvalue weighted by atomic mass is 32.1. The first kappa shape index (κ1) is 13.9. The summed E-state index contributed by atoms with van der Waals surface area (Å²) in [4.78, 5) is 16.4. The number of carbonyl (C=O) groups is 1. The summed E-state index contributed by atoms with van der Waals surface area (Å²) in [7, 11) is 0. The molecular weight excluding hydrogens is 283 g/mol. The van der Waals surface area contributed by atoms with E-state index in [4.69, 9.17) is 10.9 Å². The third-order valence-electron chi connectivity index (χ3n) is 2.58. The van der Waals surface area contributed by atoms with Crippen LogP contribution < -0.4 is 11.1 Å². The lowest BCUT2D eigenvalue weighted by molar-refractivity contribution is 0.103. The molecule has 0 saturated heterocycles. The number of aryl methyl sites for hydroxylation is 1. The first-order valence-electron chi connectivity index (χ1n) is 5.52. The number of amidine groups is 1. The van der Waals surface area contributed by atoms with Crippen LogP contribution in [-0.2, 0) is 0 Å². The number of benzene rings is 1. The standard InChI is InChI=1S/C12H11FN4O2S/c1-6-10(20-5-15-6)12(18)16-8-4-2-3-7(13)9(8)11(14)17-19/h2-5,19H,1H3,(H2,14,17)(H,16,18). The molecule has 1 amide bonds. The van der Waals surface area contributed by atoms with E-state index in [0.29, 0.717) is 10.6 Å². The Morgan fingerprint density at radius 2 is 2.30 bits per heavy atom. The zero-order valence-electron chi connectivity index (χ0n) is 10.4. The number of nitrogens with two attached hydrogens (primary N) is 1. The Morgan fingerprint density at radius 3 is 2.90 bits per heavy atom. The number of nitrogens with zero attached hydrogens (tertiary/aromatic N) is 2. The van der Waals surface area contributed by atoms with E-state index >= 15 is 0 Å². The highest BCUT2D eigenvalue weighted by molar-refractivity contribution is 7.12. The maximum atomic E-state index is 13.7. The van der Waals surface area contributed by atoms with Crippen LogP contribution >= 0.6 is 11.3 Å². The van der Waals surface area contributed by atoms with E-state index in [2.05, 4.69) is 15.5 Å². The van der Waals surface area contributed by atoms with E-state index in [1.54, 1.807) is 12.4 Å². The van der Waals surface area contributed by atoms with Gasteiger partial charge in [-0.3, -0.25) is 4.79 Å². The van der Waals surface area contributed by atoms with Crippen molar-refractivity contribution < 1.29 is 14.4 Å². The summed E-state index contributed by atoms with van der Waals surface area (Å²) in [6.07, 6.45) is 0. The summed E-state index contributed by atoms with van der Waals surface area (Å²) in [5.41, 5.74) is 7.50. The van der Waals surface area contributed by atoms with E-state index in [0.717, 1.165) is 6.07 Å². The van der Waals surface area contributed by atoms with Crippen LogP contribution in [0.3, 0.4) is 0 Å². The van der Waals surface area contributed by atoms with Gasteiger partial charge in [-0.15, -0.1) is 11.3 Å². The summed E-state index contributed by atoms with van der Waals surface area (Å²) in [5.74, 6) is -1.54. The molecule has 8 heteroatoms. The van der Waals surface area contributed by atoms with E-state index in [1.807, 2.05) is 0 Å². The Kier molecular flexibility index (Phi) is 3.94. The average molecular weight is 294 g/mol. The van der Waals surface area contributed by atoms with Gasteiger partial charge in [0.25, 0.3) is 5.91 Å². The zero-order chi connectivity index (χ0) is 14.7. The second-order valence-electron chi connectivity index (χ2n) is 3.87. The molecule has 20 heavy (non-hydrogen) atoms. The highest BCUT2D eigenvalue weighted by Gasteiger charge is 2.17. The first-order valence-corrected chi connectivity index (χ1v) is 6.40. The van der Waals surface area contributed by atoms with E-state index in [9.17, 15) is 9.18 Å². The van der Waals surface area contributed by atoms with Crippen molar-refractivity contribution in [3.05, 3.63) is 45.7 Å². The third kappa shape index (κ3) is 2.59. The van der Waals surface area contributed by atoms with Crippen molar-refractivity contribution >= 4 is 28.8 Å². The number of amides is 1. The van der Waals surface area contributed by atoms with Gasteiger partial charge in [-0.05, 0) is 19.1 Å². The topological polar surface area (TPSA) is 101 Å². The van der Waals surface area contributed by atoms with Gasteiger partial charge in [-0.2, -0.15) is 0 Å². The fourth-order valence-electron chi connectivity index (χ4n) is 1.64. The van der Waals surface area contributed by atoms with Gasteiger partial charge in [0.2, 0.25) is 0 Å². The second-order valence-corrected chi connectivity index (χ2v) is 4.72. The number of anilines is 1. The molecule has 1 aromatic carbocycles. The predicted octanol–water partition coefficient (Wildman–Crippen LogP) is 1.94. The molecule has 4 N–H and O–H groups in total. The van der Waals surface area contributed by atoms with Crippen molar-refractivity contribution in [1.29, 1.82) is 0 Å². The highest BCUT2D eigenvalue weighted by Crippen LogP contribution is 2.21. The number of nitrogens with one attached hydrogen (secondary N) is 1. The second kappa shape index (κ2) is 5.66. The molecule has 6 nitrogen and oxygen atoms in total. The minimum atomic E-state index is -0.695. The number of oxime groups is 1. The molecule has 1 heterocycles. The third-order valence-corrected chi connectivity index (χ3v) is 3.50. The number of halogens is 1. The Hall–Kier alpha value is -2.48. The van der Waals surface area contributed by atoms with Gasteiger partial charge >= 0.3 is 0 Å². The summed E-state index contributed by atoms with van der Waals surface area (Å²) in [6, 6.07) is 4.03. The Balaban J connectivity index is 2.38. The Morgan fingerprint density at radius 1 is 1.55 bits per heavy atom. The van der Waals surface area contributed by atoms with Crippen LogP contribution in [0.15, 0.2) is 28.9 Å². The molecule has 0 saturated carbocycles. The molecule has 2 aromatic rings. The molecule has 2 rings (SSSR count). The number of aromatic nitrogens is 1. The molecule has 104 valence electrons. The lowest BCUT2D eigenvalue weighted by Crippen LogP contribution is -2.20. The van der Waals surface area contributed by atoms with Crippen molar-refractivity contribution in [2.45, 2.75) is 6.92 Å². The summed E-state index contributed by atoms with van der Waals surface area (Å²) in [5, 5.41) is 14.0. The predicted molar refractivity (Wildman–Crippen MR) is 73.7 cm³/mol. The molecule has 0 radical (unpaired) electrons. The van der Waals surface area contributed by atoms with Crippen LogP contribution in [0.25, 0.3) is 0 Å². The van der Waals surface area contributed by atoms with Gasteiger partial charge in [-0.1, -0.05) is 11.2 Å². The fourth-order valence-corrected chi connectivity index (χ4v) is 2.34. The molecule has 0 bridgehead atoms. The number of rotatable bonds is 3. The van der Waals surface area contributed by atoms with Crippen molar-refractivity contribution in [1.82, 2.24) is 4.98 Å². The van der Waals surface area contributed by atoms with Gasteiger partial charge in [0.15, 0.2) is 5.84 Å². The van der Waals surface area contributed by atoms with Crippen LogP contribution in [0.4, 0.5) is 10.1 Å². The molecular formula is C12H11FN4O2S. The van der Waals surface area contributed by atoms with Crippen molar-refractivity contribution in [3.63, 3.8) is 0 Å². The van der Waals surface area contributed by atoms with E-state index < -0.39 is 17.6 Å². The van der Waals surface area contributed by atoms with E-state index in [1.165, 1.54) is 23.5 Å². The van der Waals surface area contributed by atoms with Crippen LogP contribution in [-0.4, -0.2) is 21.9 Å². The molecule has 0 aliphatic carbocycles. The number of thiazole rings is 1. The Bertz CT molecular complexity index is 684. The SMILES string of the molecule is Cc1ncsc1C(=O)Nc1cccc(F)c1/C(N)=N/O. The van der Waals surface area contributed by atoms with Crippen LogP contribution in [0.1, 0.15) is 20.9 Å². The lowest BCUT2D eigenvalue weighted by atomic mass is 10.1. The molecule has 0 fully saturated rings. The van der Waals surface area contributed by atoms with Gasteiger partial charge in [-0.25, -0.2) is 9.37 Å². The zero-order valence-corrected chi connectivity index (χ0v) is 11.2. The summed E-state index contributed by atoms with van der Waals surface area (Å²) >= 11 is 1.17. The minimum absolute atomic E-state index is 0.123. The molecule has 1 aromatic heterocycles. The minimum Gasteiger partial charge on any atom is -0.409 e. The van der Waals surface area contributed by atoms with Crippen LogP contribution in [0, 0.1) is 12.7 Å². The first-order chi connectivity index (χ1) is 9.54. The van der Waals surface area contributed by atoms with Crippen LogP contribution in [0.2, 0.25) is 0 Å². The lowest BCUT2D eigenvalue weighted by Gasteiger charge is -2.10. The molecule has 0 aliphatic heterocycles. The number of hydrogen-bond donors (Lipinski definition) is 3. The normalized spacial score (nSPS) is 11.4. The maximum absolute atomic E-state index is 13.7. The van der Waals surface area contributed by atoms with Crippen LogP contribution in [0.5, 0.6) is 0 Å². The molecule has 0 unspecified atom stereocenters. The van der Waals surface area contributed by atoms with E-state index in [-0.39, 0.29) is 11.3 Å².